The van der Waals surface area contributed by atoms with Crippen molar-refractivity contribution >= 4 is 11.7 Å². The third-order valence-corrected chi connectivity index (χ3v) is 5.36. The maximum atomic E-state index is 12.6. The van der Waals surface area contributed by atoms with Crippen molar-refractivity contribution in [3.8, 4) is 5.75 Å². The molecule has 0 radical (unpaired) electrons. The number of rotatable bonds is 7. The first-order chi connectivity index (χ1) is 15.5. The Bertz CT molecular complexity index is 1190. The van der Waals surface area contributed by atoms with Crippen molar-refractivity contribution in [1.29, 1.82) is 0 Å². The molecule has 1 N–H and O–H groups in total. The van der Waals surface area contributed by atoms with E-state index in [0.717, 1.165) is 28.0 Å². The molecule has 1 heterocycles. The van der Waals surface area contributed by atoms with Crippen LogP contribution in [0.15, 0.2) is 79.0 Å². The van der Waals surface area contributed by atoms with Crippen LogP contribution < -0.4 is 10.1 Å². The Hall–Kier alpha value is -3.86. The van der Waals surface area contributed by atoms with Crippen LogP contribution in [0.3, 0.4) is 0 Å². The van der Waals surface area contributed by atoms with Crippen LogP contribution in [0.5, 0.6) is 5.75 Å². The van der Waals surface area contributed by atoms with Crippen LogP contribution in [0, 0.1) is 20.8 Å². The second kappa shape index (κ2) is 9.52. The van der Waals surface area contributed by atoms with Crippen molar-refractivity contribution in [2.45, 2.75) is 33.9 Å². The van der Waals surface area contributed by atoms with Gasteiger partial charge >= 0.3 is 0 Å². The fourth-order valence-corrected chi connectivity index (χ4v) is 3.52. The minimum Gasteiger partial charge on any atom is -0.488 e. The Balaban J connectivity index is 1.34. The normalized spacial score (nSPS) is 10.7. The zero-order chi connectivity index (χ0) is 22.5. The molecule has 1 amide bonds. The van der Waals surface area contributed by atoms with E-state index in [9.17, 15) is 4.79 Å². The van der Waals surface area contributed by atoms with Crippen molar-refractivity contribution in [3.05, 3.63) is 112 Å². The van der Waals surface area contributed by atoms with Crippen LogP contribution in [0.1, 0.15) is 38.2 Å². The SMILES string of the molecule is Cc1ccc(Cn2ccc(NC(=O)c3ccc(COc4c(C)cccc4C)cc3)n2)cc1. The highest BCUT2D eigenvalue weighted by Crippen LogP contribution is 2.23. The predicted octanol–water partition coefficient (Wildman–Crippen LogP) is 5.69. The highest BCUT2D eigenvalue weighted by molar-refractivity contribution is 6.03. The summed E-state index contributed by atoms with van der Waals surface area (Å²) in [5, 5.41) is 7.32. The predicted molar refractivity (Wildman–Crippen MR) is 127 cm³/mol. The summed E-state index contributed by atoms with van der Waals surface area (Å²) in [6, 6.07) is 23.7. The van der Waals surface area contributed by atoms with Gasteiger partial charge in [-0.05, 0) is 55.2 Å². The van der Waals surface area contributed by atoms with Gasteiger partial charge in [-0.1, -0.05) is 60.2 Å². The van der Waals surface area contributed by atoms with E-state index in [1.807, 2.05) is 67.2 Å². The third-order valence-electron chi connectivity index (χ3n) is 5.36. The lowest BCUT2D eigenvalue weighted by atomic mass is 10.1. The number of para-hydroxylation sites is 1. The summed E-state index contributed by atoms with van der Waals surface area (Å²) >= 11 is 0. The molecule has 0 fully saturated rings. The molecule has 3 aromatic carbocycles. The lowest BCUT2D eigenvalue weighted by molar-refractivity contribution is 0.102. The smallest absolute Gasteiger partial charge is 0.256 e. The Morgan fingerprint density at radius 1 is 0.875 bits per heavy atom. The summed E-state index contributed by atoms with van der Waals surface area (Å²) in [5.74, 6) is 1.26. The van der Waals surface area contributed by atoms with Crippen LogP contribution >= 0.6 is 0 Å². The van der Waals surface area contributed by atoms with Gasteiger partial charge in [0.15, 0.2) is 5.82 Å². The second-order valence-electron chi connectivity index (χ2n) is 8.04. The molecule has 0 aliphatic rings. The number of nitrogens with zero attached hydrogens (tertiary/aromatic N) is 2. The van der Waals surface area contributed by atoms with E-state index in [-0.39, 0.29) is 5.91 Å². The second-order valence-corrected chi connectivity index (χ2v) is 8.04. The van der Waals surface area contributed by atoms with Gasteiger partial charge in [-0.2, -0.15) is 5.10 Å². The molecule has 0 aliphatic heterocycles. The van der Waals surface area contributed by atoms with Crippen LogP contribution in [0.25, 0.3) is 0 Å². The lowest BCUT2D eigenvalue weighted by Gasteiger charge is -2.12. The van der Waals surface area contributed by atoms with E-state index in [1.54, 1.807) is 6.07 Å². The van der Waals surface area contributed by atoms with Crippen LogP contribution in [0.4, 0.5) is 5.82 Å². The number of aromatic nitrogens is 2. The van der Waals surface area contributed by atoms with E-state index in [2.05, 4.69) is 41.6 Å². The number of nitrogens with one attached hydrogen (secondary N) is 1. The van der Waals surface area contributed by atoms with Crippen molar-refractivity contribution in [2.75, 3.05) is 5.32 Å². The highest BCUT2D eigenvalue weighted by Gasteiger charge is 2.09. The molecule has 0 bridgehead atoms. The van der Waals surface area contributed by atoms with Gasteiger partial charge < -0.3 is 10.1 Å². The van der Waals surface area contributed by atoms with Crippen LogP contribution in [-0.4, -0.2) is 15.7 Å². The molecule has 4 aromatic rings. The average molecular weight is 426 g/mol. The molecule has 5 heteroatoms. The molecule has 32 heavy (non-hydrogen) atoms. The third kappa shape index (κ3) is 5.24. The van der Waals surface area contributed by atoms with E-state index in [4.69, 9.17) is 4.74 Å². The van der Waals surface area contributed by atoms with Crippen molar-refractivity contribution in [3.63, 3.8) is 0 Å². The first-order valence-electron chi connectivity index (χ1n) is 10.7. The molecule has 0 aliphatic carbocycles. The number of carbonyl (C=O) groups excluding carboxylic acids is 1. The standard InChI is InChI=1S/C27H27N3O2/c1-19-7-9-22(10-8-19)17-30-16-15-25(29-30)28-27(31)24-13-11-23(12-14-24)18-32-26-20(2)5-4-6-21(26)3/h4-16H,17-18H2,1-3H3,(H,28,29,31). The van der Waals surface area contributed by atoms with Gasteiger partial charge in [-0.15, -0.1) is 0 Å². The fraction of sp³-hybridized carbons (Fsp3) is 0.185. The topological polar surface area (TPSA) is 56.2 Å². The van der Waals surface area contributed by atoms with Crippen molar-refractivity contribution in [2.24, 2.45) is 0 Å². The largest absolute Gasteiger partial charge is 0.488 e. The first kappa shape index (κ1) is 21.4. The van der Waals surface area contributed by atoms with Gasteiger partial charge in [-0.3, -0.25) is 9.48 Å². The maximum absolute atomic E-state index is 12.6. The summed E-state index contributed by atoms with van der Waals surface area (Å²) in [6.07, 6.45) is 1.86. The fourth-order valence-electron chi connectivity index (χ4n) is 3.52. The van der Waals surface area contributed by atoms with Gasteiger partial charge in [-0.25, -0.2) is 0 Å². The number of anilines is 1. The Kier molecular flexibility index (Phi) is 6.36. The monoisotopic (exact) mass is 425 g/mol. The first-order valence-corrected chi connectivity index (χ1v) is 10.7. The molecule has 4 rings (SSSR count). The molecular formula is C27H27N3O2. The van der Waals surface area contributed by atoms with E-state index in [0.29, 0.717) is 24.5 Å². The summed E-state index contributed by atoms with van der Waals surface area (Å²) in [6.45, 7) is 7.26. The molecule has 0 unspecified atom stereocenters. The molecule has 1 aromatic heterocycles. The van der Waals surface area contributed by atoms with E-state index >= 15 is 0 Å². The van der Waals surface area contributed by atoms with Gasteiger partial charge in [0.05, 0.1) is 6.54 Å². The lowest BCUT2D eigenvalue weighted by Crippen LogP contribution is -2.13. The molecule has 0 saturated carbocycles. The number of carbonyl (C=O) groups is 1. The summed E-state index contributed by atoms with van der Waals surface area (Å²) in [5.41, 5.74) is 6.20. The number of ether oxygens (including phenoxy) is 1. The Labute approximate surface area is 188 Å². The number of hydrogen-bond donors (Lipinski definition) is 1. The zero-order valence-electron chi connectivity index (χ0n) is 18.6. The molecule has 0 spiro atoms. The Morgan fingerprint density at radius 3 is 2.22 bits per heavy atom. The average Bonchev–Trinajstić information content (AvgIpc) is 3.22. The molecule has 0 saturated heterocycles. The number of aryl methyl sites for hydroxylation is 3. The summed E-state index contributed by atoms with van der Waals surface area (Å²) < 4.78 is 7.81. The quantitative estimate of drug-likeness (QED) is 0.414. The molecule has 162 valence electrons. The van der Waals surface area contributed by atoms with Gasteiger partial charge in [0.1, 0.15) is 12.4 Å². The van der Waals surface area contributed by atoms with Crippen LogP contribution in [0.2, 0.25) is 0 Å². The van der Waals surface area contributed by atoms with Crippen LogP contribution in [-0.2, 0) is 13.2 Å². The van der Waals surface area contributed by atoms with Crippen molar-refractivity contribution < 1.29 is 9.53 Å². The van der Waals surface area contributed by atoms with E-state index < -0.39 is 0 Å². The number of benzene rings is 3. The van der Waals surface area contributed by atoms with Crippen molar-refractivity contribution in [1.82, 2.24) is 9.78 Å². The Morgan fingerprint density at radius 2 is 1.53 bits per heavy atom. The molecular weight excluding hydrogens is 398 g/mol. The summed E-state index contributed by atoms with van der Waals surface area (Å²) in [7, 11) is 0. The van der Waals surface area contributed by atoms with Gasteiger partial charge in [0.25, 0.3) is 5.91 Å². The van der Waals surface area contributed by atoms with Gasteiger partial charge in [0.2, 0.25) is 0 Å². The van der Waals surface area contributed by atoms with Gasteiger partial charge in [0, 0.05) is 17.8 Å². The van der Waals surface area contributed by atoms with E-state index in [1.165, 1.54) is 5.56 Å². The minimum absolute atomic E-state index is 0.187. The highest BCUT2D eigenvalue weighted by atomic mass is 16.5. The number of hydrogen-bond acceptors (Lipinski definition) is 3. The molecule has 5 nitrogen and oxygen atoms in total. The minimum atomic E-state index is -0.187. The number of amides is 1. The zero-order valence-corrected chi connectivity index (χ0v) is 18.6. The molecule has 0 atom stereocenters. The maximum Gasteiger partial charge on any atom is 0.256 e. The summed E-state index contributed by atoms with van der Waals surface area (Å²) in [4.78, 5) is 12.6.